The molecule has 5 nitrogen and oxygen atoms in total. The van der Waals surface area contributed by atoms with E-state index in [0.717, 1.165) is 22.1 Å². The van der Waals surface area contributed by atoms with Crippen LogP contribution >= 0.6 is 0 Å². The van der Waals surface area contributed by atoms with Crippen molar-refractivity contribution in [2.24, 2.45) is 21.7 Å². The molecule has 0 spiro atoms. The van der Waals surface area contributed by atoms with E-state index in [2.05, 4.69) is 10.2 Å². The van der Waals surface area contributed by atoms with Gasteiger partial charge in [-0.05, 0) is 34.5 Å². The molecule has 2 aromatic carbocycles. The summed E-state index contributed by atoms with van der Waals surface area (Å²) in [6, 6.07) is 11.8. The summed E-state index contributed by atoms with van der Waals surface area (Å²) in [6.45, 7) is 0. The first-order chi connectivity index (χ1) is 8.69. The Hall–Kier alpha value is -2.56. The van der Waals surface area contributed by atoms with Crippen LogP contribution in [-0.4, -0.2) is 19.3 Å². The van der Waals surface area contributed by atoms with E-state index in [9.17, 15) is 0 Å². The molecule has 0 aliphatic heterocycles. The molecule has 0 aromatic heterocycles. The third kappa shape index (κ3) is 2.76. The van der Waals surface area contributed by atoms with E-state index < -0.39 is 0 Å². The molecule has 5 heteroatoms. The van der Waals surface area contributed by atoms with Crippen molar-refractivity contribution >= 4 is 22.9 Å². The molecule has 0 unspecified atom stereocenters. The smallest absolute Gasteiger partial charge is 0.211 e. The second-order valence-corrected chi connectivity index (χ2v) is 3.74. The highest BCUT2D eigenvalue weighted by Crippen LogP contribution is 2.21. The maximum absolute atomic E-state index is 5.18. The quantitative estimate of drug-likeness (QED) is 0.485. The molecule has 0 saturated carbocycles. The van der Waals surface area contributed by atoms with E-state index in [1.54, 1.807) is 13.3 Å². The first-order valence-electron chi connectivity index (χ1n) is 5.39. The summed E-state index contributed by atoms with van der Waals surface area (Å²) < 4.78 is 5.17. The number of hydrogen-bond acceptors (Lipinski definition) is 3. The van der Waals surface area contributed by atoms with Gasteiger partial charge in [-0.2, -0.15) is 5.10 Å². The van der Waals surface area contributed by atoms with Gasteiger partial charge in [0, 0.05) is 0 Å². The van der Waals surface area contributed by atoms with E-state index in [0.29, 0.717) is 0 Å². The zero-order chi connectivity index (χ0) is 13.0. The number of fused-ring (bicyclic) bond motifs is 1. The van der Waals surface area contributed by atoms with Gasteiger partial charge >= 0.3 is 0 Å². The highest BCUT2D eigenvalue weighted by molar-refractivity contribution is 5.91. The van der Waals surface area contributed by atoms with Gasteiger partial charge in [0.1, 0.15) is 5.75 Å². The topological polar surface area (TPSA) is 86.0 Å². The largest absolute Gasteiger partial charge is 0.497 e. The van der Waals surface area contributed by atoms with Crippen LogP contribution in [0, 0.1) is 0 Å². The van der Waals surface area contributed by atoms with Crippen molar-refractivity contribution in [1.82, 2.24) is 0 Å². The van der Waals surface area contributed by atoms with E-state index in [1.807, 2.05) is 36.4 Å². The number of benzene rings is 2. The van der Waals surface area contributed by atoms with Crippen LogP contribution in [0.4, 0.5) is 0 Å². The second-order valence-electron chi connectivity index (χ2n) is 3.74. The van der Waals surface area contributed by atoms with Crippen molar-refractivity contribution in [1.29, 1.82) is 0 Å². The maximum Gasteiger partial charge on any atom is 0.211 e. The zero-order valence-electron chi connectivity index (χ0n) is 10.00. The predicted molar refractivity (Wildman–Crippen MR) is 73.9 cm³/mol. The summed E-state index contributed by atoms with van der Waals surface area (Å²) in [5, 5.41) is 9.53. The molecule has 2 rings (SSSR count). The van der Waals surface area contributed by atoms with Gasteiger partial charge < -0.3 is 16.2 Å². The first kappa shape index (κ1) is 11.9. The molecule has 18 heavy (non-hydrogen) atoms. The van der Waals surface area contributed by atoms with Crippen molar-refractivity contribution in [2.75, 3.05) is 7.11 Å². The van der Waals surface area contributed by atoms with Gasteiger partial charge in [-0.25, -0.2) is 0 Å². The van der Waals surface area contributed by atoms with Crippen LogP contribution in [-0.2, 0) is 0 Å². The lowest BCUT2D eigenvalue weighted by Gasteiger charge is -2.03. The van der Waals surface area contributed by atoms with Crippen molar-refractivity contribution in [3.63, 3.8) is 0 Å². The van der Waals surface area contributed by atoms with E-state index >= 15 is 0 Å². The van der Waals surface area contributed by atoms with Crippen LogP contribution in [0.3, 0.4) is 0 Å². The van der Waals surface area contributed by atoms with Gasteiger partial charge in [-0.1, -0.05) is 18.2 Å². The van der Waals surface area contributed by atoms with Crippen LogP contribution in [0.5, 0.6) is 5.75 Å². The summed E-state index contributed by atoms with van der Waals surface area (Å²) in [5.41, 5.74) is 11.3. The van der Waals surface area contributed by atoms with Gasteiger partial charge in [-0.3, -0.25) is 0 Å². The average molecular weight is 242 g/mol. The second kappa shape index (κ2) is 5.18. The van der Waals surface area contributed by atoms with Crippen molar-refractivity contribution in [3.05, 3.63) is 42.0 Å². The maximum atomic E-state index is 5.18. The highest BCUT2D eigenvalue weighted by Gasteiger charge is 1.97. The van der Waals surface area contributed by atoms with Crippen molar-refractivity contribution < 1.29 is 4.74 Å². The number of guanidine groups is 1. The summed E-state index contributed by atoms with van der Waals surface area (Å²) in [7, 11) is 1.65. The monoisotopic (exact) mass is 242 g/mol. The van der Waals surface area contributed by atoms with Gasteiger partial charge in [0.2, 0.25) is 5.96 Å². The summed E-state index contributed by atoms with van der Waals surface area (Å²) in [4.78, 5) is 0. The number of nitrogens with two attached hydrogens (primary N) is 2. The Morgan fingerprint density at radius 1 is 1.11 bits per heavy atom. The Bertz CT molecular complexity index is 615. The molecule has 2 aromatic rings. The van der Waals surface area contributed by atoms with Crippen LogP contribution in [0.15, 0.2) is 46.6 Å². The normalized spacial score (nSPS) is 10.7. The van der Waals surface area contributed by atoms with Gasteiger partial charge in [-0.15, -0.1) is 5.10 Å². The Kier molecular flexibility index (Phi) is 3.43. The lowest BCUT2D eigenvalue weighted by molar-refractivity contribution is 0.415. The molecule has 0 heterocycles. The molecule has 0 fully saturated rings. The first-order valence-corrected chi connectivity index (χ1v) is 5.39. The summed E-state index contributed by atoms with van der Waals surface area (Å²) in [5.74, 6) is 0.779. The number of rotatable bonds is 3. The predicted octanol–water partition coefficient (Wildman–Crippen LogP) is 1.46. The molecule has 0 atom stereocenters. The Morgan fingerprint density at radius 2 is 1.83 bits per heavy atom. The van der Waals surface area contributed by atoms with E-state index in [4.69, 9.17) is 16.2 Å². The van der Waals surface area contributed by atoms with Crippen LogP contribution in [0.1, 0.15) is 5.56 Å². The van der Waals surface area contributed by atoms with Crippen LogP contribution in [0.25, 0.3) is 10.8 Å². The van der Waals surface area contributed by atoms with E-state index in [1.165, 1.54) is 0 Å². The molecule has 0 radical (unpaired) electrons. The molecule has 0 aliphatic carbocycles. The van der Waals surface area contributed by atoms with Crippen molar-refractivity contribution in [2.45, 2.75) is 0 Å². The van der Waals surface area contributed by atoms with Crippen LogP contribution < -0.4 is 16.2 Å². The minimum Gasteiger partial charge on any atom is -0.497 e. The fourth-order valence-corrected chi connectivity index (χ4v) is 1.61. The standard InChI is InChI=1S/C13H14N4O/c1-18-12-5-4-10-6-9(2-3-11(10)7-12)8-16-17-13(14)15/h2-8H,1H3,(H4,14,15,17)/b16-8-. The minimum atomic E-state index is -0.0585. The molecule has 0 saturated heterocycles. The van der Waals surface area contributed by atoms with Crippen molar-refractivity contribution in [3.8, 4) is 5.75 Å². The number of nitrogens with zero attached hydrogens (tertiary/aromatic N) is 2. The minimum absolute atomic E-state index is 0.0585. The third-order valence-electron chi connectivity index (χ3n) is 2.45. The lowest BCUT2D eigenvalue weighted by Crippen LogP contribution is -2.21. The number of methoxy groups -OCH3 is 1. The molecular formula is C13H14N4O. The van der Waals surface area contributed by atoms with Gasteiger partial charge in [0.25, 0.3) is 0 Å². The zero-order valence-corrected chi connectivity index (χ0v) is 10.00. The third-order valence-corrected chi connectivity index (χ3v) is 2.45. The Labute approximate surface area is 105 Å². The average Bonchev–Trinajstić information content (AvgIpc) is 2.37. The molecule has 0 amide bonds. The number of ether oxygens (including phenoxy) is 1. The Balaban J connectivity index is 2.33. The fourth-order valence-electron chi connectivity index (χ4n) is 1.61. The number of hydrogen-bond donors (Lipinski definition) is 2. The summed E-state index contributed by atoms with van der Waals surface area (Å²) >= 11 is 0. The molecule has 0 aliphatic rings. The molecule has 4 N–H and O–H groups in total. The SMILES string of the molecule is COc1ccc2cc(/C=N\N=C(N)N)ccc2c1. The molecule has 92 valence electrons. The highest BCUT2D eigenvalue weighted by atomic mass is 16.5. The van der Waals surface area contributed by atoms with E-state index in [-0.39, 0.29) is 5.96 Å². The molecular weight excluding hydrogens is 228 g/mol. The van der Waals surface area contributed by atoms with Crippen LogP contribution in [0.2, 0.25) is 0 Å². The Morgan fingerprint density at radius 3 is 2.56 bits per heavy atom. The van der Waals surface area contributed by atoms with Gasteiger partial charge in [0.05, 0.1) is 13.3 Å². The van der Waals surface area contributed by atoms with Gasteiger partial charge in [0.15, 0.2) is 0 Å². The molecule has 0 bridgehead atoms. The fraction of sp³-hybridized carbons (Fsp3) is 0.0769. The summed E-state index contributed by atoms with van der Waals surface area (Å²) in [6.07, 6.45) is 1.60. The lowest BCUT2D eigenvalue weighted by atomic mass is 10.1.